The van der Waals surface area contributed by atoms with Crippen molar-refractivity contribution in [1.29, 1.82) is 0 Å². The third-order valence-electron chi connectivity index (χ3n) is 2.73. The number of rotatable bonds is 3. The van der Waals surface area contributed by atoms with Crippen LogP contribution in [-0.4, -0.2) is 20.6 Å². The van der Waals surface area contributed by atoms with Gasteiger partial charge in [0.15, 0.2) is 9.84 Å². The van der Waals surface area contributed by atoms with Gasteiger partial charge in [-0.05, 0) is 23.8 Å². The Bertz CT molecular complexity index is 731. The molecule has 0 bridgehead atoms. The lowest BCUT2D eigenvalue weighted by atomic mass is 10.1. The molecular formula is C15H14O4S. The summed E-state index contributed by atoms with van der Waals surface area (Å²) >= 11 is 0. The molecule has 20 heavy (non-hydrogen) atoms. The van der Waals surface area contributed by atoms with Crippen LogP contribution in [0, 0.1) is 0 Å². The molecular weight excluding hydrogens is 276 g/mol. The Morgan fingerprint density at radius 2 is 1.60 bits per heavy atom. The van der Waals surface area contributed by atoms with Crippen LogP contribution in [0.4, 0.5) is 0 Å². The van der Waals surface area contributed by atoms with E-state index in [2.05, 4.69) is 0 Å². The normalized spacial score (nSPS) is 11.1. The van der Waals surface area contributed by atoms with Crippen molar-refractivity contribution in [3.63, 3.8) is 0 Å². The van der Waals surface area contributed by atoms with Crippen LogP contribution in [-0.2, 0) is 14.6 Å². The molecule has 0 aliphatic heterocycles. The van der Waals surface area contributed by atoms with Crippen molar-refractivity contribution in [3.8, 4) is 16.9 Å². The second-order valence-corrected chi connectivity index (χ2v) is 6.40. The van der Waals surface area contributed by atoms with Crippen LogP contribution in [0.25, 0.3) is 11.1 Å². The predicted octanol–water partition coefficient (Wildman–Crippen LogP) is 2.68. The maximum atomic E-state index is 11.4. The summed E-state index contributed by atoms with van der Waals surface area (Å²) in [5.74, 6) is 0.0531. The molecule has 0 saturated heterocycles. The molecule has 0 atom stereocenters. The average molecular weight is 290 g/mol. The number of benzene rings is 2. The zero-order valence-corrected chi connectivity index (χ0v) is 12.0. The van der Waals surface area contributed by atoms with Crippen molar-refractivity contribution >= 4 is 15.8 Å². The van der Waals surface area contributed by atoms with Crippen molar-refractivity contribution in [2.45, 2.75) is 11.8 Å². The van der Waals surface area contributed by atoms with E-state index in [0.29, 0.717) is 5.75 Å². The molecule has 2 aromatic rings. The molecule has 0 amide bonds. The molecule has 0 aliphatic rings. The Kier molecular flexibility index (Phi) is 3.90. The molecule has 5 heteroatoms. The van der Waals surface area contributed by atoms with E-state index >= 15 is 0 Å². The van der Waals surface area contributed by atoms with Crippen LogP contribution < -0.4 is 4.74 Å². The molecule has 0 unspecified atom stereocenters. The van der Waals surface area contributed by atoms with Crippen LogP contribution in [0.5, 0.6) is 5.75 Å². The van der Waals surface area contributed by atoms with Gasteiger partial charge in [0.25, 0.3) is 0 Å². The third kappa shape index (κ3) is 3.24. The topological polar surface area (TPSA) is 60.4 Å². The fourth-order valence-corrected chi connectivity index (χ4v) is 2.46. The van der Waals surface area contributed by atoms with Crippen molar-refractivity contribution in [3.05, 3.63) is 48.5 Å². The van der Waals surface area contributed by atoms with Gasteiger partial charge in [-0.2, -0.15) is 0 Å². The molecule has 0 aliphatic carbocycles. The van der Waals surface area contributed by atoms with Crippen molar-refractivity contribution in [2.75, 3.05) is 6.26 Å². The first-order valence-electron chi connectivity index (χ1n) is 5.96. The minimum atomic E-state index is -3.22. The lowest BCUT2D eigenvalue weighted by Gasteiger charge is -2.09. The van der Waals surface area contributed by atoms with E-state index < -0.39 is 15.8 Å². The Balaban J connectivity index is 2.44. The van der Waals surface area contributed by atoms with Gasteiger partial charge < -0.3 is 4.74 Å². The van der Waals surface area contributed by atoms with Gasteiger partial charge in [0, 0.05) is 18.7 Å². The molecule has 0 N–H and O–H groups in total. The van der Waals surface area contributed by atoms with Gasteiger partial charge >= 0.3 is 5.97 Å². The Hall–Kier alpha value is -2.14. The van der Waals surface area contributed by atoms with Gasteiger partial charge in [-0.1, -0.05) is 30.3 Å². The third-order valence-corrected chi connectivity index (χ3v) is 3.86. The first kappa shape index (κ1) is 14.3. The predicted molar refractivity (Wildman–Crippen MR) is 76.3 cm³/mol. The number of sulfone groups is 1. The Labute approximate surface area is 117 Å². The quantitative estimate of drug-likeness (QED) is 0.644. The number of hydrogen-bond acceptors (Lipinski definition) is 4. The highest BCUT2D eigenvalue weighted by atomic mass is 32.2. The van der Waals surface area contributed by atoms with E-state index in [9.17, 15) is 13.2 Å². The summed E-state index contributed by atoms with van der Waals surface area (Å²) in [5.41, 5.74) is 1.53. The fourth-order valence-electron chi connectivity index (χ4n) is 1.83. The lowest BCUT2D eigenvalue weighted by molar-refractivity contribution is -0.131. The number of carbonyl (C=O) groups is 1. The van der Waals surface area contributed by atoms with Gasteiger partial charge in [0.2, 0.25) is 0 Å². The standard InChI is InChI=1S/C15H14O4S/c1-11(16)19-15-6-4-3-5-14(15)12-7-9-13(10-8-12)20(2,17)18/h3-10H,1-2H3. The van der Waals surface area contributed by atoms with Gasteiger partial charge in [-0.25, -0.2) is 8.42 Å². The lowest BCUT2D eigenvalue weighted by Crippen LogP contribution is -2.02. The fraction of sp³-hybridized carbons (Fsp3) is 0.133. The maximum Gasteiger partial charge on any atom is 0.308 e. The first-order chi connectivity index (χ1) is 9.38. The van der Waals surface area contributed by atoms with E-state index in [0.717, 1.165) is 17.4 Å². The van der Waals surface area contributed by atoms with Crippen LogP contribution >= 0.6 is 0 Å². The number of hydrogen-bond donors (Lipinski definition) is 0. The summed E-state index contributed by atoms with van der Waals surface area (Å²) in [5, 5.41) is 0. The van der Waals surface area contributed by atoms with Gasteiger partial charge in [0.05, 0.1) is 4.90 Å². The molecule has 0 heterocycles. The molecule has 0 spiro atoms. The molecule has 4 nitrogen and oxygen atoms in total. The summed E-state index contributed by atoms with van der Waals surface area (Å²) in [6.45, 7) is 1.34. The van der Waals surface area contributed by atoms with E-state index in [1.807, 2.05) is 12.1 Å². The zero-order valence-electron chi connectivity index (χ0n) is 11.2. The number of para-hydroxylation sites is 1. The van der Waals surface area contributed by atoms with E-state index in [4.69, 9.17) is 4.74 Å². The summed E-state index contributed by atoms with van der Waals surface area (Å²) in [6.07, 6.45) is 1.16. The molecule has 0 radical (unpaired) electrons. The van der Waals surface area contributed by atoms with Crippen LogP contribution in [0.3, 0.4) is 0 Å². The molecule has 0 fully saturated rings. The van der Waals surface area contributed by atoms with Crippen LogP contribution in [0.2, 0.25) is 0 Å². The summed E-state index contributed by atoms with van der Waals surface area (Å²) < 4.78 is 28.0. The van der Waals surface area contributed by atoms with Crippen molar-refractivity contribution < 1.29 is 17.9 Å². The average Bonchev–Trinajstić information content (AvgIpc) is 2.38. The van der Waals surface area contributed by atoms with Gasteiger partial charge in [0.1, 0.15) is 5.75 Å². The number of ether oxygens (including phenoxy) is 1. The highest BCUT2D eigenvalue weighted by Gasteiger charge is 2.10. The second kappa shape index (κ2) is 5.46. The van der Waals surface area contributed by atoms with Gasteiger partial charge in [-0.3, -0.25) is 4.79 Å². The number of carbonyl (C=O) groups excluding carboxylic acids is 1. The summed E-state index contributed by atoms with van der Waals surface area (Å²) in [7, 11) is -3.22. The molecule has 0 saturated carbocycles. The van der Waals surface area contributed by atoms with E-state index in [1.165, 1.54) is 19.1 Å². The minimum Gasteiger partial charge on any atom is -0.426 e. The largest absolute Gasteiger partial charge is 0.426 e. The van der Waals surface area contributed by atoms with Crippen LogP contribution in [0.1, 0.15) is 6.92 Å². The maximum absolute atomic E-state index is 11.4. The smallest absolute Gasteiger partial charge is 0.308 e. The highest BCUT2D eigenvalue weighted by Crippen LogP contribution is 2.30. The SMILES string of the molecule is CC(=O)Oc1ccccc1-c1ccc(S(C)(=O)=O)cc1. The first-order valence-corrected chi connectivity index (χ1v) is 7.85. The number of esters is 1. The Morgan fingerprint density at radius 3 is 2.15 bits per heavy atom. The Morgan fingerprint density at radius 1 is 1.00 bits per heavy atom. The zero-order chi connectivity index (χ0) is 14.8. The highest BCUT2D eigenvalue weighted by molar-refractivity contribution is 7.90. The molecule has 2 aromatic carbocycles. The summed E-state index contributed by atoms with van der Waals surface area (Å²) in [6, 6.07) is 13.6. The van der Waals surface area contributed by atoms with E-state index in [-0.39, 0.29) is 4.90 Å². The minimum absolute atomic E-state index is 0.256. The van der Waals surface area contributed by atoms with E-state index in [1.54, 1.807) is 24.3 Å². The molecule has 2 rings (SSSR count). The van der Waals surface area contributed by atoms with Crippen molar-refractivity contribution in [2.24, 2.45) is 0 Å². The van der Waals surface area contributed by atoms with Crippen molar-refractivity contribution in [1.82, 2.24) is 0 Å². The van der Waals surface area contributed by atoms with Gasteiger partial charge in [-0.15, -0.1) is 0 Å². The molecule has 0 aromatic heterocycles. The summed E-state index contributed by atoms with van der Waals surface area (Å²) in [4.78, 5) is 11.3. The second-order valence-electron chi connectivity index (χ2n) is 4.39. The van der Waals surface area contributed by atoms with Crippen LogP contribution in [0.15, 0.2) is 53.4 Å². The molecule has 104 valence electrons. The monoisotopic (exact) mass is 290 g/mol.